The van der Waals surface area contributed by atoms with Crippen LogP contribution in [-0.2, 0) is 4.74 Å². The van der Waals surface area contributed by atoms with Crippen LogP contribution >= 0.6 is 11.3 Å². The number of rotatable bonds is 2. The van der Waals surface area contributed by atoms with Crippen molar-refractivity contribution in [2.24, 2.45) is 0 Å². The van der Waals surface area contributed by atoms with Gasteiger partial charge in [-0.1, -0.05) is 0 Å². The molecule has 6 rings (SSSR count). The van der Waals surface area contributed by atoms with Gasteiger partial charge in [-0.15, -0.1) is 11.3 Å². The molecule has 1 saturated heterocycles. The van der Waals surface area contributed by atoms with E-state index in [0.29, 0.717) is 32.7 Å². The molecule has 4 aromatic rings. The summed E-state index contributed by atoms with van der Waals surface area (Å²) < 4.78 is 6.59. The molecule has 0 spiro atoms. The first-order valence-corrected chi connectivity index (χ1v) is 14.5. The zero-order valence-corrected chi connectivity index (χ0v) is 24.3. The van der Waals surface area contributed by atoms with Crippen LogP contribution < -0.4 is 15.5 Å². The van der Waals surface area contributed by atoms with E-state index in [0.717, 1.165) is 54.2 Å². The molecule has 0 unspecified atom stereocenters. The number of hydrogen-bond donors (Lipinski definition) is 2. The van der Waals surface area contributed by atoms with Crippen LogP contribution in [0.15, 0.2) is 36.5 Å². The Morgan fingerprint density at radius 1 is 1.12 bits per heavy atom. The summed E-state index contributed by atoms with van der Waals surface area (Å²) in [5.74, 6) is 0.867. The molecule has 40 heavy (non-hydrogen) atoms. The van der Waals surface area contributed by atoms with Gasteiger partial charge in [0.2, 0.25) is 0 Å². The predicted molar refractivity (Wildman–Crippen MR) is 161 cm³/mol. The summed E-state index contributed by atoms with van der Waals surface area (Å²) in [6.45, 7) is 13.0. The Balaban J connectivity index is 1.24. The highest BCUT2D eigenvalue weighted by molar-refractivity contribution is 7.21. The molecule has 208 valence electrons. The summed E-state index contributed by atoms with van der Waals surface area (Å²) in [6.07, 6.45) is 1.63. The maximum absolute atomic E-state index is 12.7. The van der Waals surface area contributed by atoms with E-state index in [4.69, 9.17) is 14.7 Å². The van der Waals surface area contributed by atoms with Gasteiger partial charge in [0.15, 0.2) is 0 Å². The second-order valence-electron chi connectivity index (χ2n) is 11.6. The number of carbonyl (C=O) groups excluding carboxylic acids is 2. The number of nitrogens with zero attached hydrogens (tertiary/aromatic N) is 4. The summed E-state index contributed by atoms with van der Waals surface area (Å²) in [7, 11) is 0. The summed E-state index contributed by atoms with van der Waals surface area (Å²) in [5, 5.41) is 8.61. The molecule has 0 radical (unpaired) electrons. The van der Waals surface area contributed by atoms with Gasteiger partial charge in [0.1, 0.15) is 16.3 Å². The zero-order valence-electron chi connectivity index (χ0n) is 23.5. The Labute approximate surface area is 237 Å². The van der Waals surface area contributed by atoms with E-state index >= 15 is 0 Å². The highest BCUT2D eigenvalue weighted by atomic mass is 32.1. The van der Waals surface area contributed by atoms with Crippen molar-refractivity contribution < 1.29 is 14.3 Å². The Morgan fingerprint density at radius 2 is 1.90 bits per heavy atom. The van der Waals surface area contributed by atoms with Crippen LogP contribution in [0.2, 0.25) is 0 Å². The minimum atomic E-state index is -0.500. The fraction of sp³-hybridized carbons (Fsp3) is 0.400. The molecule has 0 aliphatic carbocycles. The van der Waals surface area contributed by atoms with Gasteiger partial charge in [0.25, 0.3) is 5.91 Å². The summed E-state index contributed by atoms with van der Waals surface area (Å²) in [4.78, 5) is 39.6. The third-order valence-electron chi connectivity index (χ3n) is 7.32. The number of aryl methyl sites for hydroxylation is 1. The van der Waals surface area contributed by atoms with E-state index in [1.165, 1.54) is 11.3 Å². The van der Waals surface area contributed by atoms with Crippen LogP contribution in [0.3, 0.4) is 0 Å². The zero-order chi connectivity index (χ0) is 28.2. The number of nitrogens with one attached hydrogen (secondary N) is 2. The molecule has 1 fully saturated rings. The average molecular weight is 559 g/mol. The number of benzene rings is 1. The lowest BCUT2D eigenvalue weighted by Gasteiger charge is -2.36. The van der Waals surface area contributed by atoms with E-state index in [-0.39, 0.29) is 18.0 Å². The van der Waals surface area contributed by atoms with E-state index < -0.39 is 5.60 Å². The molecular weight excluding hydrogens is 524 g/mol. The number of fused-ring (bicyclic) bond motifs is 5. The molecule has 2 amide bonds. The number of anilines is 2. The van der Waals surface area contributed by atoms with E-state index in [1.807, 2.05) is 46.0 Å². The molecule has 1 aromatic carbocycles. The second kappa shape index (κ2) is 9.92. The summed E-state index contributed by atoms with van der Waals surface area (Å²) in [5.41, 5.74) is 4.21. The van der Waals surface area contributed by atoms with Gasteiger partial charge in [-0.3, -0.25) is 4.79 Å². The molecule has 5 heterocycles. The Bertz CT molecular complexity index is 1630. The van der Waals surface area contributed by atoms with Gasteiger partial charge in [0, 0.05) is 66.0 Å². The topological polar surface area (TPSA) is 99.7 Å². The lowest BCUT2D eigenvalue weighted by atomic mass is 10.0. The van der Waals surface area contributed by atoms with Gasteiger partial charge in [-0.2, -0.15) is 0 Å². The van der Waals surface area contributed by atoms with Gasteiger partial charge in [-0.05, 0) is 70.5 Å². The first-order chi connectivity index (χ1) is 19.1. The summed E-state index contributed by atoms with van der Waals surface area (Å²) in [6, 6.07) is 10.4. The van der Waals surface area contributed by atoms with E-state index in [1.54, 1.807) is 4.90 Å². The van der Waals surface area contributed by atoms with Crippen molar-refractivity contribution in [3.05, 3.63) is 47.0 Å². The number of hydrogen-bond acceptors (Lipinski definition) is 8. The number of thiophene rings is 1. The molecular formula is C30H34N6O3S. The van der Waals surface area contributed by atoms with Crippen molar-refractivity contribution in [1.82, 2.24) is 20.2 Å². The number of ether oxygens (including phenoxy) is 1. The van der Waals surface area contributed by atoms with E-state index in [9.17, 15) is 9.59 Å². The van der Waals surface area contributed by atoms with Gasteiger partial charge in [-0.25, -0.2) is 14.8 Å². The fourth-order valence-corrected chi connectivity index (χ4v) is 6.40. The van der Waals surface area contributed by atoms with Crippen molar-refractivity contribution in [1.29, 1.82) is 0 Å². The number of amides is 2. The van der Waals surface area contributed by atoms with Crippen molar-refractivity contribution in [3.63, 3.8) is 0 Å². The number of pyridine rings is 2. The average Bonchev–Trinajstić information content (AvgIpc) is 3.23. The van der Waals surface area contributed by atoms with Crippen molar-refractivity contribution in [2.75, 3.05) is 42.9 Å². The van der Waals surface area contributed by atoms with Gasteiger partial charge in [0.05, 0.1) is 16.9 Å². The fourth-order valence-electron chi connectivity index (χ4n) is 5.30. The van der Waals surface area contributed by atoms with Crippen LogP contribution in [0.4, 0.5) is 16.3 Å². The lowest BCUT2D eigenvalue weighted by molar-refractivity contribution is 0.0240. The van der Waals surface area contributed by atoms with Crippen LogP contribution in [0, 0.1) is 6.92 Å². The molecule has 1 atom stereocenters. The van der Waals surface area contributed by atoms with Crippen LogP contribution in [-0.4, -0.2) is 71.2 Å². The van der Waals surface area contributed by atoms with Crippen molar-refractivity contribution >= 4 is 55.8 Å². The minimum absolute atomic E-state index is 0.0283. The second-order valence-corrected chi connectivity index (χ2v) is 12.6. The minimum Gasteiger partial charge on any atom is -0.444 e. The molecule has 2 aliphatic rings. The summed E-state index contributed by atoms with van der Waals surface area (Å²) >= 11 is 1.51. The molecule has 3 aromatic heterocycles. The molecule has 0 bridgehead atoms. The highest BCUT2D eigenvalue weighted by Crippen LogP contribution is 2.41. The van der Waals surface area contributed by atoms with Crippen LogP contribution in [0.1, 0.15) is 42.9 Å². The number of aromatic nitrogens is 2. The Hall–Kier alpha value is -3.92. The normalized spacial score (nSPS) is 17.8. The SMILES string of the molecule is Cc1cc(N2CCN(C(=O)OC(C)(C)C)CC2)ncc1-c1ccc2c(ccc3sc4c(c32)NC[C@@H](C)NC4=O)n1. The van der Waals surface area contributed by atoms with Crippen LogP contribution in [0.25, 0.3) is 32.2 Å². The van der Waals surface area contributed by atoms with E-state index in [2.05, 4.69) is 40.7 Å². The van der Waals surface area contributed by atoms with Gasteiger partial charge < -0.3 is 25.2 Å². The molecule has 0 saturated carbocycles. The first-order valence-electron chi connectivity index (χ1n) is 13.7. The monoisotopic (exact) mass is 558 g/mol. The lowest BCUT2D eigenvalue weighted by Crippen LogP contribution is -2.50. The largest absolute Gasteiger partial charge is 0.444 e. The molecule has 2 N–H and O–H groups in total. The third kappa shape index (κ3) is 4.92. The van der Waals surface area contributed by atoms with Crippen LogP contribution in [0.5, 0.6) is 0 Å². The highest BCUT2D eigenvalue weighted by Gasteiger charge is 2.27. The van der Waals surface area contributed by atoms with Gasteiger partial charge >= 0.3 is 6.09 Å². The standard InChI is InChI=1S/C30H34N6O3S/c1-17-14-24(35-10-12-36(13-11-35)29(38)39-30(3,4)5)31-16-20(17)22-7-6-19-21(34-22)8-9-23-25(19)26-27(40-23)28(37)33-18(2)15-32-26/h6-9,14,16,18,32H,10-13,15H2,1-5H3,(H,33,37)/t18-/m1/s1. The number of piperazine rings is 1. The molecule has 9 nitrogen and oxygen atoms in total. The first kappa shape index (κ1) is 26.3. The Kier molecular flexibility index (Phi) is 6.53. The van der Waals surface area contributed by atoms with Crippen molar-refractivity contribution in [3.8, 4) is 11.3 Å². The quantitative estimate of drug-likeness (QED) is 0.339. The molecule has 2 aliphatic heterocycles. The maximum atomic E-state index is 12.7. The third-order valence-corrected chi connectivity index (χ3v) is 8.47. The number of carbonyl (C=O) groups is 2. The molecule has 10 heteroatoms. The Morgan fingerprint density at radius 3 is 2.62 bits per heavy atom. The van der Waals surface area contributed by atoms with Crippen molar-refractivity contribution in [2.45, 2.75) is 46.3 Å². The maximum Gasteiger partial charge on any atom is 0.410 e. The smallest absolute Gasteiger partial charge is 0.410 e. The predicted octanol–water partition coefficient (Wildman–Crippen LogP) is 5.42.